The van der Waals surface area contributed by atoms with Crippen LogP contribution in [0.15, 0.2) is 18.2 Å². The van der Waals surface area contributed by atoms with Gasteiger partial charge in [0.05, 0.1) is 0 Å². The number of nitrogens with one attached hydrogen (secondary N) is 1. The summed E-state index contributed by atoms with van der Waals surface area (Å²) >= 11 is 0. The predicted molar refractivity (Wildman–Crippen MR) is 62.5 cm³/mol. The van der Waals surface area contributed by atoms with Gasteiger partial charge in [-0.15, -0.1) is 0 Å². The summed E-state index contributed by atoms with van der Waals surface area (Å²) in [6.07, 6.45) is 0.952. The molecule has 1 N–H and O–H groups in total. The summed E-state index contributed by atoms with van der Waals surface area (Å²) in [4.78, 5) is 14.4. The van der Waals surface area contributed by atoms with E-state index in [2.05, 4.69) is 31.8 Å². The van der Waals surface area contributed by atoms with Crippen LogP contribution in [0.25, 0.3) is 10.9 Å². The zero-order chi connectivity index (χ0) is 11.0. The first-order valence-corrected chi connectivity index (χ1v) is 5.21. The fraction of sp³-hybridized carbons (Fsp3) is 0.308. The van der Waals surface area contributed by atoms with Crippen molar-refractivity contribution in [2.75, 3.05) is 0 Å². The Kier molecular flexibility index (Phi) is 2.35. The van der Waals surface area contributed by atoms with Crippen LogP contribution in [0.4, 0.5) is 0 Å². The molecule has 2 nitrogen and oxygen atoms in total. The molecular weight excluding hydrogens is 186 g/mol. The van der Waals surface area contributed by atoms with E-state index in [0.29, 0.717) is 5.92 Å². The van der Waals surface area contributed by atoms with E-state index in [9.17, 15) is 4.79 Å². The van der Waals surface area contributed by atoms with E-state index >= 15 is 0 Å². The van der Waals surface area contributed by atoms with Crippen LogP contribution in [0.1, 0.15) is 41.4 Å². The zero-order valence-electron chi connectivity index (χ0n) is 9.29. The maximum absolute atomic E-state index is 11.1. The zero-order valence-corrected chi connectivity index (χ0v) is 9.29. The van der Waals surface area contributed by atoms with Crippen molar-refractivity contribution in [3.8, 4) is 0 Å². The van der Waals surface area contributed by atoms with Gasteiger partial charge in [0.15, 0.2) is 6.29 Å². The van der Waals surface area contributed by atoms with Gasteiger partial charge in [-0.25, -0.2) is 0 Å². The van der Waals surface area contributed by atoms with Crippen molar-refractivity contribution in [1.82, 2.24) is 4.98 Å². The van der Waals surface area contributed by atoms with Crippen LogP contribution < -0.4 is 0 Å². The van der Waals surface area contributed by atoms with Crippen molar-refractivity contribution < 1.29 is 4.79 Å². The third-order valence-corrected chi connectivity index (χ3v) is 2.81. The smallest absolute Gasteiger partial charge is 0.152 e. The van der Waals surface area contributed by atoms with Gasteiger partial charge in [-0.05, 0) is 18.4 Å². The van der Waals surface area contributed by atoms with Gasteiger partial charge in [0.25, 0.3) is 0 Å². The highest BCUT2D eigenvalue weighted by atomic mass is 16.1. The molecule has 0 amide bonds. The summed E-state index contributed by atoms with van der Waals surface area (Å²) in [6.45, 7) is 6.23. The Morgan fingerprint density at radius 1 is 1.33 bits per heavy atom. The lowest BCUT2D eigenvalue weighted by atomic mass is 10.0. The van der Waals surface area contributed by atoms with Crippen LogP contribution in [0.3, 0.4) is 0 Å². The number of aryl methyl sites for hydroxylation is 1. The summed E-state index contributed by atoms with van der Waals surface area (Å²) in [5.41, 5.74) is 4.11. The number of benzene rings is 1. The van der Waals surface area contributed by atoms with Gasteiger partial charge >= 0.3 is 0 Å². The third kappa shape index (κ3) is 1.46. The highest BCUT2D eigenvalue weighted by molar-refractivity contribution is 6.00. The standard InChI is InChI=1S/C13H15NO/c1-8(2)12-11(7-15)10-6-4-5-9(3)13(10)14-12/h4-8,14H,1-3H3. The fourth-order valence-corrected chi connectivity index (χ4v) is 1.99. The molecule has 2 heteroatoms. The van der Waals surface area contributed by atoms with Gasteiger partial charge in [-0.3, -0.25) is 4.79 Å². The van der Waals surface area contributed by atoms with Crippen LogP contribution in [-0.4, -0.2) is 11.3 Å². The number of aldehydes is 1. The molecule has 0 saturated carbocycles. The molecule has 0 aliphatic rings. The summed E-state index contributed by atoms with van der Waals surface area (Å²) in [5.74, 6) is 0.344. The highest BCUT2D eigenvalue weighted by Crippen LogP contribution is 2.27. The van der Waals surface area contributed by atoms with Crippen molar-refractivity contribution in [2.45, 2.75) is 26.7 Å². The van der Waals surface area contributed by atoms with Gasteiger partial charge in [0.1, 0.15) is 0 Å². The quantitative estimate of drug-likeness (QED) is 0.742. The monoisotopic (exact) mass is 201 g/mol. The summed E-state index contributed by atoms with van der Waals surface area (Å²) in [6, 6.07) is 6.04. The Morgan fingerprint density at radius 2 is 2.07 bits per heavy atom. The number of carbonyl (C=O) groups is 1. The maximum Gasteiger partial charge on any atom is 0.152 e. The number of aromatic amines is 1. The minimum absolute atomic E-state index is 0.344. The second-order valence-corrected chi connectivity index (χ2v) is 4.22. The van der Waals surface area contributed by atoms with Gasteiger partial charge in [-0.1, -0.05) is 32.0 Å². The highest BCUT2D eigenvalue weighted by Gasteiger charge is 2.13. The average Bonchev–Trinajstić information content (AvgIpc) is 2.57. The molecule has 0 atom stereocenters. The van der Waals surface area contributed by atoms with E-state index in [0.717, 1.165) is 28.4 Å². The Morgan fingerprint density at radius 3 is 2.67 bits per heavy atom. The van der Waals surface area contributed by atoms with Gasteiger partial charge in [0, 0.05) is 22.2 Å². The van der Waals surface area contributed by atoms with Gasteiger partial charge in [0.2, 0.25) is 0 Å². The summed E-state index contributed by atoms with van der Waals surface area (Å²) < 4.78 is 0. The molecule has 2 rings (SSSR count). The molecule has 0 unspecified atom stereocenters. The SMILES string of the molecule is Cc1cccc2c(C=O)c(C(C)C)[nH]c12. The van der Waals surface area contributed by atoms with E-state index in [4.69, 9.17) is 0 Å². The number of hydrogen-bond donors (Lipinski definition) is 1. The minimum Gasteiger partial charge on any atom is -0.357 e. The molecule has 0 bridgehead atoms. The van der Waals surface area contributed by atoms with Crippen LogP contribution in [0, 0.1) is 6.92 Å². The van der Waals surface area contributed by atoms with Crippen molar-refractivity contribution in [2.24, 2.45) is 0 Å². The van der Waals surface area contributed by atoms with E-state index < -0.39 is 0 Å². The normalized spacial score (nSPS) is 11.2. The second kappa shape index (κ2) is 3.54. The number of rotatable bonds is 2. The van der Waals surface area contributed by atoms with Gasteiger partial charge in [-0.2, -0.15) is 0 Å². The molecule has 0 saturated heterocycles. The van der Waals surface area contributed by atoms with Crippen molar-refractivity contribution in [3.63, 3.8) is 0 Å². The first-order valence-electron chi connectivity index (χ1n) is 5.21. The maximum atomic E-state index is 11.1. The fourth-order valence-electron chi connectivity index (χ4n) is 1.99. The first-order chi connectivity index (χ1) is 7.15. The van der Waals surface area contributed by atoms with Crippen LogP contribution in [0.2, 0.25) is 0 Å². The minimum atomic E-state index is 0.344. The summed E-state index contributed by atoms with van der Waals surface area (Å²) in [5, 5.41) is 1.04. The Balaban J connectivity index is 2.84. The topological polar surface area (TPSA) is 32.9 Å². The van der Waals surface area contributed by atoms with Crippen LogP contribution in [-0.2, 0) is 0 Å². The van der Waals surface area contributed by atoms with E-state index in [1.54, 1.807) is 0 Å². The molecule has 0 spiro atoms. The number of H-pyrrole nitrogens is 1. The lowest BCUT2D eigenvalue weighted by molar-refractivity contribution is 0.112. The molecule has 1 aromatic carbocycles. The number of carbonyl (C=O) groups excluding carboxylic acids is 1. The molecule has 1 heterocycles. The Bertz CT molecular complexity index is 508. The van der Waals surface area contributed by atoms with E-state index in [1.165, 1.54) is 5.56 Å². The van der Waals surface area contributed by atoms with Crippen molar-refractivity contribution in [1.29, 1.82) is 0 Å². The number of aromatic nitrogens is 1. The molecule has 0 aliphatic heterocycles. The Hall–Kier alpha value is -1.57. The number of para-hydroxylation sites is 1. The van der Waals surface area contributed by atoms with Crippen LogP contribution >= 0.6 is 0 Å². The lowest BCUT2D eigenvalue weighted by Gasteiger charge is -2.01. The van der Waals surface area contributed by atoms with Crippen molar-refractivity contribution in [3.05, 3.63) is 35.0 Å². The van der Waals surface area contributed by atoms with Crippen molar-refractivity contribution >= 4 is 17.2 Å². The molecule has 2 aromatic rings. The van der Waals surface area contributed by atoms with E-state index in [-0.39, 0.29) is 0 Å². The number of fused-ring (bicyclic) bond motifs is 1. The molecule has 78 valence electrons. The lowest BCUT2D eigenvalue weighted by Crippen LogP contribution is -1.92. The first kappa shape index (κ1) is 9.97. The average molecular weight is 201 g/mol. The molecule has 1 aromatic heterocycles. The predicted octanol–water partition coefficient (Wildman–Crippen LogP) is 3.41. The largest absolute Gasteiger partial charge is 0.357 e. The summed E-state index contributed by atoms with van der Waals surface area (Å²) in [7, 11) is 0. The Labute approximate surface area is 89.3 Å². The van der Waals surface area contributed by atoms with E-state index in [1.807, 2.05) is 12.1 Å². The van der Waals surface area contributed by atoms with Crippen LogP contribution in [0.5, 0.6) is 0 Å². The van der Waals surface area contributed by atoms with Gasteiger partial charge < -0.3 is 4.98 Å². The molecule has 0 fully saturated rings. The third-order valence-electron chi connectivity index (χ3n) is 2.81. The molecular formula is C13H15NO. The molecule has 15 heavy (non-hydrogen) atoms. The molecule has 0 radical (unpaired) electrons. The second-order valence-electron chi connectivity index (χ2n) is 4.22. The number of hydrogen-bond acceptors (Lipinski definition) is 1. The molecule has 0 aliphatic carbocycles.